The molecule has 0 saturated carbocycles. The molecule has 9 nitrogen and oxygen atoms in total. The molecular formula is C20H31N3O6S2. The van der Waals surface area contributed by atoms with E-state index in [4.69, 9.17) is 4.74 Å². The molecule has 11 heteroatoms. The van der Waals surface area contributed by atoms with Crippen molar-refractivity contribution in [1.82, 2.24) is 13.9 Å². The largest absolute Gasteiger partial charge is 0.379 e. The summed E-state index contributed by atoms with van der Waals surface area (Å²) in [7, 11) is -7.49. The minimum absolute atomic E-state index is 0.0141. The number of benzene rings is 1. The number of sulfonamides is 2. The Morgan fingerprint density at radius 2 is 1.74 bits per heavy atom. The molecule has 0 aromatic heterocycles. The van der Waals surface area contributed by atoms with Crippen molar-refractivity contribution >= 4 is 26.0 Å². The number of nitrogens with one attached hydrogen (secondary N) is 1. The van der Waals surface area contributed by atoms with Crippen molar-refractivity contribution in [3.05, 3.63) is 24.3 Å². The predicted octanol–water partition coefficient (Wildman–Crippen LogP) is 1.02. The molecule has 2 aliphatic rings. The molecule has 1 aromatic carbocycles. The SMILES string of the molecule is CCN(CC)S(=O)(=O)c1ccc(S(=O)(=O)N2CCC[C@@H](C(=O)N[C@@H]3CCOC3)C2)cc1. The second kappa shape index (κ2) is 9.95. The van der Waals surface area contributed by atoms with Crippen LogP contribution in [0.4, 0.5) is 0 Å². The highest BCUT2D eigenvalue weighted by atomic mass is 32.2. The number of carbonyl (C=O) groups is 1. The van der Waals surface area contributed by atoms with Gasteiger partial charge in [0.15, 0.2) is 0 Å². The van der Waals surface area contributed by atoms with Gasteiger partial charge in [0, 0.05) is 32.8 Å². The molecular weight excluding hydrogens is 442 g/mol. The fourth-order valence-electron chi connectivity index (χ4n) is 3.99. The maximum absolute atomic E-state index is 13.1. The lowest BCUT2D eigenvalue weighted by Gasteiger charge is -2.31. The van der Waals surface area contributed by atoms with E-state index >= 15 is 0 Å². The summed E-state index contributed by atoms with van der Waals surface area (Å²) in [5.41, 5.74) is 0. The Bertz CT molecular complexity index is 969. The zero-order chi connectivity index (χ0) is 22.6. The quantitative estimate of drug-likeness (QED) is 0.603. The highest BCUT2D eigenvalue weighted by molar-refractivity contribution is 7.89. The molecule has 2 aliphatic heterocycles. The summed E-state index contributed by atoms with van der Waals surface area (Å²) in [5, 5.41) is 2.95. The lowest BCUT2D eigenvalue weighted by Crippen LogP contribution is -2.47. The van der Waals surface area contributed by atoms with Crippen molar-refractivity contribution in [2.24, 2.45) is 5.92 Å². The van der Waals surface area contributed by atoms with Crippen LogP contribution in [0.5, 0.6) is 0 Å². The van der Waals surface area contributed by atoms with Gasteiger partial charge in [-0.25, -0.2) is 16.8 Å². The van der Waals surface area contributed by atoms with Crippen molar-refractivity contribution < 1.29 is 26.4 Å². The number of carbonyl (C=O) groups excluding carboxylic acids is 1. The van der Waals surface area contributed by atoms with Gasteiger partial charge in [-0.15, -0.1) is 0 Å². The fraction of sp³-hybridized carbons (Fsp3) is 0.650. The monoisotopic (exact) mass is 473 g/mol. The van der Waals surface area contributed by atoms with Gasteiger partial charge >= 0.3 is 0 Å². The van der Waals surface area contributed by atoms with E-state index in [-0.39, 0.29) is 28.3 Å². The molecule has 2 fully saturated rings. The highest BCUT2D eigenvalue weighted by Gasteiger charge is 2.34. The van der Waals surface area contributed by atoms with E-state index < -0.39 is 26.0 Å². The zero-order valence-corrected chi connectivity index (χ0v) is 19.6. The van der Waals surface area contributed by atoms with Crippen LogP contribution >= 0.6 is 0 Å². The number of nitrogens with zero attached hydrogens (tertiary/aromatic N) is 2. The standard InChI is InChI=1S/C20H31N3O6S2/c1-3-22(4-2)30(25,26)18-7-9-19(10-8-18)31(27,28)23-12-5-6-16(14-23)20(24)21-17-11-13-29-15-17/h7-10,16-17H,3-6,11-15H2,1-2H3,(H,21,24)/t16-,17-/m1/s1. The van der Waals surface area contributed by atoms with Gasteiger partial charge in [-0.1, -0.05) is 13.8 Å². The van der Waals surface area contributed by atoms with E-state index in [0.717, 1.165) is 6.42 Å². The Morgan fingerprint density at radius 1 is 1.10 bits per heavy atom. The molecule has 1 aromatic rings. The molecule has 1 amide bonds. The lowest BCUT2D eigenvalue weighted by atomic mass is 9.98. The average Bonchev–Trinajstić information content (AvgIpc) is 3.27. The van der Waals surface area contributed by atoms with Crippen LogP contribution < -0.4 is 5.32 Å². The number of amides is 1. The second-order valence-electron chi connectivity index (χ2n) is 7.83. The zero-order valence-electron chi connectivity index (χ0n) is 18.0. The molecule has 2 saturated heterocycles. The summed E-state index contributed by atoms with van der Waals surface area (Å²) in [6, 6.07) is 5.29. The van der Waals surface area contributed by atoms with Gasteiger partial charge in [-0.2, -0.15) is 8.61 Å². The Kier molecular flexibility index (Phi) is 7.74. The van der Waals surface area contributed by atoms with E-state index in [1.807, 2.05) is 0 Å². The minimum Gasteiger partial charge on any atom is -0.379 e. The molecule has 0 aliphatic carbocycles. The van der Waals surface area contributed by atoms with Crippen LogP contribution in [0.1, 0.15) is 33.1 Å². The summed E-state index contributed by atoms with van der Waals surface area (Å²) >= 11 is 0. The first kappa shape index (κ1) is 24.1. The van der Waals surface area contributed by atoms with E-state index in [0.29, 0.717) is 45.7 Å². The third-order valence-corrected chi connectivity index (χ3v) is 9.78. The number of rotatable bonds is 8. The van der Waals surface area contributed by atoms with Gasteiger partial charge in [0.1, 0.15) is 0 Å². The normalized spacial score (nSPS) is 23.2. The summed E-state index contributed by atoms with van der Waals surface area (Å²) in [6.45, 7) is 5.73. The first-order valence-electron chi connectivity index (χ1n) is 10.7. The van der Waals surface area contributed by atoms with Crippen molar-refractivity contribution in [2.45, 2.75) is 48.9 Å². The van der Waals surface area contributed by atoms with Gasteiger partial charge in [-0.3, -0.25) is 4.79 Å². The van der Waals surface area contributed by atoms with Gasteiger partial charge in [-0.05, 0) is 43.5 Å². The molecule has 1 N–H and O–H groups in total. The summed E-state index contributed by atoms with van der Waals surface area (Å²) < 4.78 is 59.4. The molecule has 31 heavy (non-hydrogen) atoms. The molecule has 174 valence electrons. The summed E-state index contributed by atoms with van der Waals surface area (Å²) in [5.74, 6) is -0.553. The molecule has 2 heterocycles. The number of hydrogen-bond acceptors (Lipinski definition) is 6. The molecule has 0 radical (unpaired) electrons. The summed E-state index contributed by atoms with van der Waals surface area (Å²) in [4.78, 5) is 12.7. The third-order valence-electron chi connectivity index (χ3n) is 5.84. The van der Waals surface area contributed by atoms with Crippen molar-refractivity contribution in [1.29, 1.82) is 0 Å². The van der Waals surface area contributed by atoms with E-state index in [1.54, 1.807) is 13.8 Å². The number of ether oxygens (including phenoxy) is 1. The molecule has 0 unspecified atom stereocenters. The van der Waals surface area contributed by atoms with Gasteiger partial charge < -0.3 is 10.1 Å². The molecule has 0 spiro atoms. The second-order valence-corrected chi connectivity index (χ2v) is 11.7. The molecule has 2 atom stereocenters. The first-order chi connectivity index (χ1) is 14.7. The Labute approximate surface area is 184 Å². The smallest absolute Gasteiger partial charge is 0.243 e. The maximum Gasteiger partial charge on any atom is 0.243 e. The van der Waals surface area contributed by atoms with Crippen molar-refractivity contribution in [3.8, 4) is 0 Å². The van der Waals surface area contributed by atoms with E-state index in [2.05, 4.69) is 5.32 Å². The fourth-order valence-corrected chi connectivity index (χ4v) is 6.97. The van der Waals surface area contributed by atoms with Crippen LogP contribution in [0.2, 0.25) is 0 Å². The van der Waals surface area contributed by atoms with Crippen molar-refractivity contribution in [3.63, 3.8) is 0 Å². The van der Waals surface area contributed by atoms with Crippen molar-refractivity contribution in [2.75, 3.05) is 39.4 Å². The maximum atomic E-state index is 13.1. The predicted molar refractivity (Wildman–Crippen MR) is 115 cm³/mol. The molecule has 3 rings (SSSR count). The Morgan fingerprint density at radius 3 is 2.32 bits per heavy atom. The molecule has 0 bridgehead atoms. The Balaban J connectivity index is 1.72. The van der Waals surface area contributed by atoms with Crippen LogP contribution in [0.25, 0.3) is 0 Å². The van der Waals surface area contributed by atoms with Gasteiger partial charge in [0.05, 0.1) is 28.4 Å². The third kappa shape index (κ3) is 5.28. The summed E-state index contributed by atoms with van der Waals surface area (Å²) in [6.07, 6.45) is 1.99. The number of piperidine rings is 1. The van der Waals surface area contributed by atoms with Crippen LogP contribution in [-0.2, 0) is 29.6 Å². The first-order valence-corrected chi connectivity index (χ1v) is 13.6. The van der Waals surface area contributed by atoms with Crippen LogP contribution in [-0.4, -0.2) is 76.8 Å². The average molecular weight is 474 g/mol. The van der Waals surface area contributed by atoms with Gasteiger partial charge in [0.2, 0.25) is 26.0 Å². The highest BCUT2D eigenvalue weighted by Crippen LogP contribution is 2.26. The van der Waals surface area contributed by atoms with Crippen LogP contribution in [0.15, 0.2) is 34.1 Å². The Hall–Kier alpha value is -1.53. The van der Waals surface area contributed by atoms with E-state index in [1.165, 1.54) is 32.9 Å². The topological polar surface area (TPSA) is 113 Å². The van der Waals surface area contributed by atoms with Gasteiger partial charge in [0.25, 0.3) is 0 Å². The van der Waals surface area contributed by atoms with E-state index in [9.17, 15) is 21.6 Å². The van der Waals surface area contributed by atoms with Crippen LogP contribution in [0.3, 0.4) is 0 Å². The van der Waals surface area contributed by atoms with Crippen LogP contribution in [0, 0.1) is 5.92 Å². The lowest BCUT2D eigenvalue weighted by molar-refractivity contribution is -0.126. The minimum atomic E-state index is -3.83. The number of hydrogen-bond donors (Lipinski definition) is 1.